The summed E-state index contributed by atoms with van der Waals surface area (Å²) in [5.41, 5.74) is -0.167. The third kappa shape index (κ3) is 4.37. The first-order valence-corrected chi connectivity index (χ1v) is 4.23. The summed E-state index contributed by atoms with van der Waals surface area (Å²) in [5, 5.41) is 8.83. The fraction of sp³-hybridized carbons (Fsp3) is 0.545. The van der Waals surface area contributed by atoms with E-state index in [9.17, 15) is 4.79 Å². The van der Waals surface area contributed by atoms with Gasteiger partial charge in [-0.05, 0) is 11.8 Å². The molecule has 13 heavy (non-hydrogen) atoms. The molecule has 2 heteroatoms. The Kier molecular flexibility index (Phi) is 4.27. The summed E-state index contributed by atoms with van der Waals surface area (Å²) in [6.07, 6.45) is 7.67. The molecule has 0 fully saturated rings. The molecule has 72 valence electrons. The molecule has 0 aromatic carbocycles. The predicted molar refractivity (Wildman–Crippen MR) is 53.2 cm³/mol. The molecule has 0 aromatic rings. The van der Waals surface area contributed by atoms with Gasteiger partial charge in [0.25, 0.3) is 0 Å². The van der Waals surface area contributed by atoms with E-state index in [0.29, 0.717) is 6.42 Å². The van der Waals surface area contributed by atoms with E-state index in [1.165, 1.54) is 0 Å². The second kappa shape index (κ2) is 4.71. The van der Waals surface area contributed by atoms with E-state index < -0.39 is 11.9 Å². The molecule has 0 saturated heterocycles. The van der Waals surface area contributed by atoms with Crippen LogP contribution >= 0.6 is 0 Å². The van der Waals surface area contributed by atoms with Gasteiger partial charge in [-0.1, -0.05) is 19.9 Å². The smallest absolute Gasteiger partial charge is 0.307 e. The number of terminal acetylenes is 1. The standard InChI is InChI=1S/C11H16O2/c1-5-7-9(10(12)13)8-11(3,4)6-2/h1,6,9H,2,7-8H2,3-4H3,(H,12,13). The topological polar surface area (TPSA) is 37.3 Å². The van der Waals surface area contributed by atoms with Crippen molar-refractivity contribution in [1.82, 2.24) is 0 Å². The lowest BCUT2D eigenvalue weighted by Gasteiger charge is -2.22. The van der Waals surface area contributed by atoms with E-state index >= 15 is 0 Å². The molecule has 0 amide bonds. The second-order valence-corrected chi connectivity index (χ2v) is 3.84. The van der Waals surface area contributed by atoms with E-state index in [1.54, 1.807) is 6.08 Å². The van der Waals surface area contributed by atoms with Crippen LogP contribution < -0.4 is 0 Å². The van der Waals surface area contributed by atoms with Gasteiger partial charge < -0.3 is 5.11 Å². The zero-order chi connectivity index (χ0) is 10.5. The monoisotopic (exact) mass is 180 g/mol. The Labute approximate surface area is 79.7 Å². The normalized spacial score (nSPS) is 13.0. The quantitative estimate of drug-likeness (QED) is 0.520. The van der Waals surface area contributed by atoms with Gasteiger partial charge in [-0.15, -0.1) is 18.9 Å². The van der Waals surface area contributed by atoms with E-state index in [0.717, 1.165) is 0 Å². The van der Waals surface area contributed by atoms with Gasteiger partial charge in [0.05, 0.1) is 5.92 Å². The van der Waals surface area contributed by atoms with Gasteiger partial charge in [0, 0.05) is 6.42 Å². The molecular weight excluding hydrogens is 164 g/mol. The molecule has 0 heterocycles. The minimum atomic E-state index is -0.826. The molecular formula is C11H16O2. The summed E-state index contributed by atoms with van der Waals surface area (Å²) >= 11 is 0. The van der Waals surface area contributed by atoms with Gasteiger partial charge in [-0.3, -0.25) is 4.79 Å². The van der Waals surface area contributed by atoms with Gasteiger partial charge in [0.2, 0.25) is 0 Å². The Hall–Kier alpha value is -1.23. The van der Waals surface area contributed by atoms with Gasteiger partial charge in [-0.25, -0.2) is 0 Å². The number of carbonyl (C=O) groups is 1. The minimum Gasteiger partial charge on any atom is -0.481 e. The van der Waals surface area contributed by atoms with Crippen LogP contribution in [0.4, 0.5) is 0 Å². The van der Waals surface area contributed by atoms with Crippen LogP contribution in [0.1, 0.15) is 26.7 Å². The number of hydrogen-bond acceptors (Lipinski definition) is 1. The first kappa shape index (κ1) is 11.8. The number of hydrogen-bond donors (Lipinski definition) is 1. The highest BCUT2D eigenvalue weighted by Crippen LogP contribution is 2.28. The van der Waals surface area contributed by atoms with Crippen LogP contribution in [0.2, 0.25) is 0 Å². The van der Waals surface area contributed by atoms with E-state index in [1.807, 2.05) is 13.8 Å². The summed E-state index contributed by atoms with van der Waals surface area (Å²) in [6.45, 7) is 7.56. The minimum absolute atomic E-state index is 0.167. The van der Waals surface area contributed by atoms with Crippen molar-refractivity contribution in [3.63, 3.8) is 0 Å². The average molecular weight is 180 g/mol. The van der Waals surface area contributed by atoms with Crippen LogP contribution in [0, 0.1) is 23.7 Å². The maximum atomic E-state index is 10.8. The predicted octanol–water partition coefficient (Wildman–Crippen LogP) is 2.31. The first-order valence-electron chi connectivity index (χ1n) is 4.23. The molecule has 0 aliphatic carbocycles. The Morgan fingerprint density at radius 3 is 2.62 bits per heavy atom. The lowest BCUT2D eigenvalue weighted by molar-refractivity contribution is -0.142. The molecule has 0 spiro atoms. The molecule has 0 saturated carbocycles. The number of rotatable bonds is 5. The summed E-state index contributed by atoms with van der Waals surface area (Å²) in [7, 11) is 0. The molecule has 2 nitrogen and oxygen atoms in total. The summed E-state index contributed by atoms with van der Waals surface area (Å²) in [5.74, 6) is 1.09. The summed E-state index contributed by atoms with van der Waals surface area (Å²) < 4.78 is 0. The molecule has 0 aliphatic heterocycles. The largest absolute Gasteiger partial charge is 0.481 e. The highest BCUT2D eigenvalue weighted by Gasteiger charge is 2.24. The van der Waals surface area contributed by atoms with Crippen molar-refractivity contribution in [1.29, 1.82) is 0 Å². The van der Waals surface area contributed by atoms with Crippen molar-refractivity contribution < 1.29 is 9.90 Å². The van der Waals surface area contributed by atoms with Crippen molar-refractivity contribution in [2.75, 3.05) is 0 Å². The molecule has 1 unspecified atom stereocenters. The average Bonchev–Trinajstić information content (AvgIpc) is 2.03. The van der Waals surface area contributed by atoms with Gasteiger partial charge >= 0.3 is 5.97 Å². The molecule has 0 radical (unpaired) electrons. The van der Waals surface area contributed by atoms with Gasteiger partial charge in [0.1, 0.15) is 0 Å². The number of allylic oxidation sites excluding steroid dienone is 1. The molecule has 0 rings (SSSR count). The second-order valence-electron chi connectivity index (χ2n) is 3.84. The van der Waals surface area contributed by atoms with Crippen LogP contribution in [0.25, 0.3) is 0 Å². The van der Waals surface area contributed by atoms with Crippen LogP contribution in [0.3, 0.4) is 0 Å². The maximum absolute atomic E-state index is 10.8. The van der Waals surface area contributed by atoms with Crippen molar-refractivity contribution in [3.8, 4) is 12.3 Å². The third-order valence-corrected chi connectivity index (χ3v) is 2.04. The fourth-order valence-electron chi connectivity index (χ4n) is 1.11. The molecule has 1 N–H and O–H groups in total. The third-order valence-electron chi connectivity index (χ3n) is 2.04. The zero-order valence-electron chi connectivity index (χ0n) is 8.21. The molecule has 0 bridgehead atoms. The number of aliphatic carboxylic acids is 1. The van der Waals surface area contributed by atoms with Crippen LogP contribution in [-0.4, -0.2) is 11.1 Å². The van der Waals surface area contributed by atoms with Crippen LogP contribution in [0.15, 0.2) is 12.7 Å². The fourth-order valence-corrected chi connectivity index (χ4v) is 1.11. The molecule has 0 aromatic heterocycles. The summed E-state index contributed by atoms with van der Waals surface area (Å²) in [4.78, 5) is 10.8. The first-order chi connectivity index (χ1) is 5.93. The maximum Gasteiger partial charge on any atom is 0.307 e. The Morgan fingerprint density at radius 1 is 1.77 bits per heavy atom. The SMILES string of the molecule is C#CCC(CC(C)(C)C=C)C(=O)O. The van der Waals surface area contributed by atoms with Gasteiger partial charge in [-0.2, -0.15) is 0 Å². The highest BCUT2D eigenvalue weighted by molar-refractivity contribution is 5.70. The molecule has 1 atom stereocenters. The Bertz CT molecular complexity index is 233. The van der Waals surface area contributed by atoms with Crippen molar-refractivity contribution >= 4 is 5.97 Å². The van der Waals surface area contributed by atoms with Crippen LogP contribution in [0.5, 0.6) is 0 Å². The van der Waals surface area contributed by atoms with Gasteiger partial charge in [0.15, 0.2) is 0 Å². The van der Waals surface area contributed by atoms with E-state index in [4.69, 9.17) is 11.5 Å². The zero-order valence-corrected chi connectivity index (χ0v) is 8.21. The van der Waals surface area contributed by atoms with E-state index in [2.05, 4.69) is 12.5 Å². The van der Waals surface area contributed by atoms with Crippen molar-refractivity contribution in [2.24, 2.45) is 11.3 Å². The van der Waals surface area contributed by atoms with Crippen molar-refractivity contribution in [2.45, 2.75) is 26.7 Å². The van der Waals surface area contributed by atoms with E-state index in [-0.39, 0.29) is 11.8 Å². The Balaban J connectivity index is 4.35. The summed E-state index contributed by atoms with van der Waals surface area (Å²) in [6, 6.07) is 0. The Morgan fingerprint density at radius 2 is 2.31 bits per heavy atom. The number of carboxylic acid groups (broad SMARTS) is 1. The van der Waals surface area contributed by atoms with Crippen molar-refractivity contribution in [3.05, 3.63) is 12.7 Å². The lowest BCUT2D eigenvalue weighted by atomic mass is 9.82. The highest BCUT2D eigenvalue weighted by atomic mass is 16.4. The molecule has 0 aliphatic rings. The van der Waals surface area contributed by atoms with Crippen LogP contribution in [-0.2, 0) is 4.79 Å². The lowest BCUT2D eigenvalue weighted by Crippen LogP contribution is -2.21. The number of carboxylic acids is 1.